The van der Waals surface area contributed by atoms with E-state index in [1.54, 1.807) is 7.05 Å². The summed E-state index contributed by atoms with van der Waals surface area (Å²) in [5, 5.41) is 10.5. The molecule has 0 amide bonds. The number of nitrogens with one attached hydrogen (secondary N) is 1. The van der Waals surface area contributed by atoms with Crippen LogP contribution in [0.3, 0.4) is 0 Å². The van der Waals surface area contributed by atoms with Crippen LogP contribution in [0.2, 0.25) is 0 Å². The molecule has 0 aromatic carbocycles. The lowest BCUT2D eigenvalue weighted by molar-refractivity contribution is 1.23. The van der Waals surface area contributed by atoms with Crippen LogP contribution in [0.5, 0.6) is 0 Å². The van der Waals surface area contributed by atoms with Crippen LogP contribution in [0.15, 0.2) is 4.40 Å². The Balaban J connectivity index is 3.58. The van der Waals surface area contributed by atoms with Crippen molar-refractivity contribution in [2.75, 3.05) is 7.05 Å². The van der Waals surface area contributed by atoms with Gasteiger partial charge in [-0.3, -0.25) is 10.3 Å². The van der Waals surface area contributed by atoms with Crippen LogP contribution in [0.4, 0.5) is 0 Å². The minimum absolute atomic E-state index is 1.64. The second kappa shape index (κ2) is 2.27. The second-order valence-electron chi connectivity index (χ2n) is 1.01. The van der Waals surface area contributed by atoms with Gasteiger partial charge in [-0.05, 0) is 7.05 Å². The van der Waals surface area contributed by atoms with Gasteiger partial charge < -0.3 is 0 Å². The van der Waals surface area contributed by atoms with E-state index in [0.29, 0.717) is 0 Å². The molecule has 5 N–H and O–H groups in total. The molecule has 44 valence electrons. The van der Waals surface area contributed by atoms with E-state index in [1.165, 1.54) is 0 Å². The maximum atomic E-state index is 5.24. The molecule has 0 fully saturated rings. The topological polar surface area (TPSA) is 76.4 Å². The van der Waals surface area contributed by atoms with Crippen molar-refractivity contribution in [2.45, 2.75) is 0 Å². The Hall–Kier alpha value is -0.100. The fourth-order valence-corrected chi connectivity index (χ4v) is 0.194. The Labute approximate surface area is 44.8 Å². The first-order chi connectivity index (χ1) is 3.12. The molecule has 0 aliphatic heterocycles. The van der Waals surface area contributed by atoms with E-state index in [1.807, 2.05) is 0 Å². The van der Waals surface area contributed by atoms with E-state index in [9.17, 15) is 0 Å². The zero-order chi connectivity index (χ0) is 5.91. The fraction of sp³-hybridized carbons (Fsp3) is 0.500. The van der Waals surface area contributed by atoms with Crippen molar-refractivity contribution in [1.82, 2.24) is 4.72 Å². The zero-order valence-corrected chi connectivity index (χ0v) is 5.03. The summed E-state index contributed by atoms with van der Waals surface area (Å²) in [5.41, 5.74) is 0. The van der Waals surface area contributed by atoms with Gasteiger partial charge in [-0.25, -0.2) is 9.12 Å². The van der Waals surface area contributed by atoms with Crippen molar-refractivity contribution >= 4 is 17.5 Å². The summed E-state index contributed by atoms with van der Waals surface area (Å²) in [4.78, 5) is 0. The Morgan fingerprint density at radius 2 is 2.14 bits per heavy atom. The first-order valence-corrected chi connectivity index (χ1v) is 3.39. The highest BCUT2D eigenvalue weighted by Crippen LogP contribution is 2.21. The first-order valence-electron chi connectivity index (χ1n) is 1.67. The molecule has 0 aromatic rings. The van der Waals surface area contributed by atoms with Gasteiger partial charge in [-0.2, -0.15) is 0 Å². The maximum absolute atomic E-state index is 5.24. The van der Waals surface area contributed by atoms with E-state index < -0.39 is 10.8 Å². The van der Waals surface area contributed by atoms with Crippen LogP contribution in [0.25, 0.3) is 0 Å². The van der Waals surface area contributed by atoms with E-state index in [0.717, 1.165) is 0 Å². The molecule has 7 heavy (non-hydrogen) atoms. The molecule has 0 bridgehead atoms. The third kappa shape index (κ3) is 2.58. The highest BCUT2D eigenvalue weighted by Gasteiger charge is 2.00. The van der Waals surface area contributed by atoms with Gasteiger partial charge in [0.25, 0.3) is 0 Å². The molecule has 4 nitrogen and oxygen atoms in total. The van der Waals surface area contributed by atoms with E-state index in [4.69, 9.17) is 10.3 Å². The normalized spacial score (nSPS) is 13.6. The summed E-state index contributed by atoms with van der Waals surface area (Å²) in [5.74, 6) is 0. The highest BCUT2D eigenvalue weighted by atomic mass is 32.3. The molecule has 0 saturated carbocycles. The van der Waals surface area contributed by atoms with Crippen LogP contribution in [0, 0.1) is 0 Å². The van der Waals surface area contributed by atoms with Crippen molar-refractivity contribution in [3.05, 3.63) is 0 Å². The maximum Gasteiger partial charge on any atom is 0.0209 e. The largest absolute Gasteiger partial charge is 0.255 e. The average Bonchev–Trinajstić information content (AvgIpc) is 1.68. The Bertz CT molecular complexity index is 70.1. The summed E-state index contributed by atoms with van der Waals surface area (Å²) < 4.78 is 6.02. The van der Waals surface area contributed by atoms with Crippen molar-refractivity contribution < 1.29 is 0 Å². The smallest absolute Gasteiger partial charge is 0.0209 e. The third-order valence-electron chi connectivity index (χ3n) is 0.541. The van der Waals surface area contributed by atoms with Gasteiger partial charge in [-0.1, -0.05) is 0 Å². The van der Waals surface area contributed by atoms with Crippen LogP contribution in [-0.2, 0) is 0 Å². The lowest BCUT2D eigenvalue weighted by atomic mass is 11.6. The van der Waals surface area contributed by atoms with Gasteiger partial charge in [-0.15, -0.1) is 0 Å². The molecule has 0 aliphatic rings. The number of hydrogen-bond acceptors (Lipinski definition) is 4. The molecular weight excluding hydrogens is 112 g/mol. The molecular formula is C2H10N4S. The third-order valence-corrected chi connectivity index (χ3v) is 1.62. The lowest BCUT2D eigenvalue weighted by Crippen LogP contribution is -2.29. The first kappa shape index (κ1) is 6.90. The predicted molar refractivity (Wildman–Crippen MR) is 34.6 cm³/mol. The quantitative estimate of drug-likeness (QED) is 0.423. The van der Waals surface area contributed by atoms with Crippen LogP contribution in [-0.4, -0.2) is 13.8 Å². The molecule has 0 spiro atoms. The van der Waals surface area contributed by atoms with Crippen molar-refractivity contribution in [3.63, 3.8) is 0 Å². The number of nitrogens with zero attached hydrogens (tertiary/aromatic N) is 1. The van der Waals surface area contributed by atoms with Gasteiger partial charge in [0.2, 0.25) is 0 Å². The molecule has 0 rings (SSSR count). The lowest BCUT2D eigenvalue weighted by Gasteiger charge is -2.22. The molecule has 0 aromatic heterocycles. The van der Waals surface area contributed by atoms with Gasteiger partial charge in [0.15, 0.2) is 0 Å². The second-order valence-corrected chi connectivity index (χ2v) is 3.02. The number of rotatable bonds is 2. The van der Waals surface area contributed by atoms with Gasteiger partial charge in [0.05, 0.1) is 0 Å². The zero-order valence-electron chi connectivity index (χ0n) is 4.22. The Morgan fingerprint density at radius 3 is 2.14 bits per heavy atom. The van der Waals surface area contributed by atoms with E-state index in [-0.39, 0.29) is 0 Å². The van der Waals surface area contributed by atoms with Gasteiger partial charge in [0, 0.05) is 17.5 Å². The summed E-state index contributed by atoms with van der Waals surface area (Å²) in [6, 6.07) is 0. The molecule has 5 heteroatoms. The summed E-state index contributed by atoms with van der Waals surface area (Å²) >= 11 is 0. The molecule has 0 atom stereocenters. The highest BCUT2D eigenvalue weighted by molar-refractivity contribution is 8.27. The molecule has 0 unspecified atom stereocenters. The SMILES string of the molecule is C=NS(N)(N)NC. The standard InChI is InChI=1S/C2H10N4S/c1-5-7(3,4)6-2/h6H,1,3-4H2,2H3. The molecule has 0 aliphatic carbocycles. The van der Waals surface area contributed by atoms with Crippen molar-refractivity contribution in [1.29, 1.82) is 0 Å². The average molecular weight is 122 g/mol. The number of nitrogens with two attached hydrogens (primary N) is 2. The predicted octanol–water partition coefficient (Wildman–Crippen LogP) is -0.712. The summed E-state index contributed by atoms with van der Waals surface area (Å²) in [7, 11) is -0.251. The van der Waals surface area contributed by atoms with E-state index in [2.05, 4.69) is 15.8 Å². The van der Waals surface area contributed by atoms with Crippen molar-refractivity contribution in [2.24, 2.45) is 14.7 Å². The number of hydrogen-bond donors (Lipinski definition) is 3. The minimum atomic E-state index is -1.89. The summed E-state index contributed by atoms with van der Waals surface area (Å²) in [6.07, 6.45) is 0. The Morgan fingerprint density at radius 1 is 1.71 bits per heavy atom. The molecule has 0 radical (unpaired) electrons. The van der Waals surface area contributed by atoms with Gasteiger partial charge >= 0.3 is 0 Å². The monoisotopic (exact) mass is 122 g/mol. The van der Waals surface area contributed by atoms with Crippen LogP contribution >= 0.6 is 10.8 Å². The summed E-state index contributed by atoms with van der Waals surface area (Å²) in [6.45, 7) is 3.18. The fourth-order valence-electron chi connectivity index (χ4n) is 0.0645. The molecule has 0 heterocycles. The van der Waals surface area contributed by atoms with Crippen LogP contribution < -0.4 is 15.0 Å². The minimum Gasteiger partial charge on any atom is -0.255 e. The molecule has 0 saturated heterocycles. The van der Waals surface area contributed by atoms with Crippen LogP contribution in [0.1, 0.15) is 0 Å². The van der Waals surface area contributed by atoms with Crippen molar-refractivity contribution in [3.8, 4) is 0 Å². The van der Waals surface area contributed by atoms with E-state index >= 15 is 0 Å². The Kier molecular flexibility index (Phi) is 2.24. The van der Waals surface area contributed by atoms with Gasteiger partial charge in [0.1, 0.15) is 0 Å².